The second-order valence-electron chi connectivity index (χ2n) is 5.97. The van der Waals surface area contributed by atoms with Crippen LogP contribution in [0.1, 0.15) is 23.6 Å². The van der Waals surface area contributed by atoms with Crippen molar-refractivity contribution >= 4 is 11.7 Å². The van der Waals surface area contributed by atoms with Crippen molar-refractivity contribution in [3.8, 4) is 5.75 Å². The monoisotopic (exact) mass is 340 g/mol. The Kier molecular flexibility index (Phi) is 6.54. The van der Waals surface area contributed by atoms with Crippen LogP contribution >= 0.6 is 0 Å². The minimum absolute atomic E-state index is 0.191. The van der Waals surface area contributed by atoms with Gasteiger partial charge in [0.2, 0.25) is 5.91 Å². The third-order valence-electron chi connectivity index (χ3n) is 3.70. The highest BCUT2D eigenvalue weighted by atomic mass is 16.3. The Morgan fingerprint density at radius 2 is 1.84 bits per heavy atom. The molecule has 6 heteroatoms. The van der Waals surface area contributed by atoms with Crippen LogP contribution in [-0.4, -0.2) is 22.9 Å². The summed E-state index contributed by atoms with van der Waals surface area (Å²) >= 11 is 0. The molecular formula is C19H24N4O2. The minimum Gasteiger partial charge on any atom is -0.508 e. The van der Waals surface area contributed by atoms with Crippen LogP contribution in [0, 0.1) is 0 Å². The second kappa shape index (κ2) is 8.84. The lowest BCUT2D eigenvalue weighted by molar-refractivity contribution is -0.122. The van der Waals surface area contributed by atoms with Gasteiger partial charge in [-0.2, -0.15) is 0 Å². The summed E-state index contributed by atoms with van der Waals surface area (Å²) in [6, 6.07) is 13.8. The van der Waals surface area contributed by atoms with Crippen molar-refractivity contribution < 1.29 is 9.90 Å². The maximum Gasteiger partial charge on any atom is 0.237 e. The summed E-state index contributed by atoms with van der Waals surface area (Å²) in [5, 5.41) is 12.1. The van der Waals surface area contributed by atoms with Gasteiger partial charge in [0.1, 0.15) is 5.75 Å². The molecule has 6 N–H and O–H groups in total. The van der Waals surface area contributed by atoms with Crippen molar-refractivity contribution in [1.29, 1.82) is 0 Å². The fraction of sp³-hybridized carbons (Fsp3) is 0.263. The third-order valence-corrected chi connectivity index (χ3v) is 3.70. The maximum absolute atomic E-state index is 12.2. The number of aliphatic imine (C=N–C) groups is 1. The molecule has 0 aliphatic rings. The normalized spacial score (nSPS) is 12.6. The number of hydrogen-bond acceptors (Lipinski definition) is 4. The Hall–Kier alpha value is -2.86. The predicted molar refractivity (Wildman–Crippen MR) is 99.1 cm³/mol. The Morgan fingerprint density at radius 3 is 2.52 bits per heavy atom. The van der Waals surface area contributed by atoms with Gasteiger partial charge in [0.05, 0.1) is 18.4 Å². The van der Waals surface area contributed by atoms with Crippen LogP contribution in [0.5, 0.6) is 5.75 Å². The number of nitrogens with one attached hydrogen (secondary N) is 1. The molecule has 1 atom stereocenters. The Bertz CT molecular complexity index is 737. The van der Waals surface area contributed by atoms with Crippen molar-refractivity contribution in [2.75, 3.05) is 0 Å². The van der Waals surface area contributed by atoms with Crippen LogP contribution in [0.2, 0.25) is 0 Å². The molecule has 0 saturated heterocycles. The maximum atomic E-state index is 12.2. The van der Waals surface area contributed by atoms with Gasteiger partial charge in [0, 0.05) is 6.54 Å². The van der Waals surface area contributed by atoms with Crippen molar-refractivity contribution in [1.82, 2.24) is 5.32 Å². The number of phenolic OH excluding ortho intramolecular Hbond substituents is 1. The SMILES string of the molecule is CC(N)=NCc1cccc(CNC(=O)[C@@H](N)Cc2ccc(O)cc2)c1. The molecule has 0 unspecified atom stereocenters. The molecule has 0 spiro atoms. The summed E-state index contributed by atoms with van der Waals surface area (Å²) in [4.78, 5) is 16.3. The molecule has 2 aromatic rings. The smallest absolute Gasteiger partial charge is 0.237 e. The summed E-state index contributed by atoms with van der Waals surface area (Å²) in [6.07, 6.45) is 0.413. The molecule has 132 valence electrons. The van der Waals surface area contributed by atoms with E-state index in [9.17, 15) is 9.90 Å². The molecule has 0 aromatic heterocycles. The van der Waals surface area contributed by atoms with Gasteiger partial charge in [-0.05, 0) is 42.2 Å². The first-order valence-corrected chi connectivity index (χ1v) is 8.09. The highest BCUT2D eigenvalue weighted by Gasteiger charge is 2.13. The first-order chi connectivity index (χ1) is 11.9. The number of hydrogen-bond donors (Lipinski definition) is 4. The van der Waals surface area contributed by atoms with E-state index < -0.39 is 6.04 Å². The molecule has 0 radical (unpaired) electrons. The molecule has 0 aliphatic carbocycles. The van der Waals surface area contributed by atoms with Gasteiger partial charge in [-0.25, -0.2) is 0 Å². The summed E-state index contributed by atoms with van der Waals surface area (Å²) in [5.74, 6) is 0.518. The summed E-state index contributed by atoms with van der Waals surface area (Å²) in [6.45, 7) is 2.67. The molecule has 0 fully saturated rings. The first-order valence-electron chi connectivity index (χ1n) is 8.09. The Morgan fingerprint density at radius 1 is 1.16 bits per heavy atom. The zero-order valence-corrected chi connectivity index (χ0v) is 14.3. The quantitative estimate of drug-likeness (QED) is 0.451. The minimum atomic E-state index is -0.641. The molecule has 0 bridgehead atoms. The summed E-state index contributed by atoms with van der Waals surface area (Å²) in [7, 11) is 0. The van der Waals surface area contributed by atoms with Gasteiger partial charge in [0.25, 0.3) is 0 Å². The van der Waals surface area contributed by atoms with Crippen LogP contribution in [-0.2, 0) is 24.3 Å². The lowest BCUT2D eigenvalue weighted by atomic mass is 10.1. The van der Waals surface area contributed by atoms with Crippen LogP contribution < -0.4 is 16.8 Å². The van der Waals surface area contributed by atoms with E-state index in [1.165, 1.54) is 0 Å². The highest BCUT2D eigenvalue weighted by Crippen LogP contribution is 2.11. The van der Waals surface area contributed by atoms with E-state index in [0.717, 1.165) is 16.7 Å². The van der Waals surface area contributed by atoms with E-state index in [-0.39, 0.29) is 11.7 Å². The average molecular weight is 340 g/mol. The van der Waals surface area contributed by atoms with E-state index in [0.29, 0.717) is 25.3 Å². The molecule has 25 heavy (non-hydrogen) atoms. The molecule has 0 saturated carbocycles. The van der Waals surface area contributed by atoms with Crippen LogP contribution in [0.3, 0.4) is 0 Å². The number of amidine groups is 1. The number of aromatic hydroxyl groups is 1. The lowest BCUT2D eigenvalue weighted by Crippen LogP contribution is -2.41. The Balaban J connectivity index is 1.87. The lowest BCUT2D eigenvalue weighted by Gasteiger charge is -2.13. The molecule has 0 heterocycles. The second-order valence-corrected chi connectivity index (χ2v) is 5.97. The number of carbonyl (C=O) groups excluding carboxylic acids is 1. The number of rotatable bonds is 7. The third kappa shape index (κ3) is 6.27. The average Bonchev–Trinajstić information content (AvgIpc) is 2.60. The van der Waals surface area contributed by atoms with E-state index in [1.54, 1.807) is 31.2 Å². The van der Waals surface area contributed by atoms with Gasteiger partial charge in [-0.15, -0.1) is 0 Å². The number of benzene rings is 2. The molecular weight excluding hydrogens is 316 g/mol. The van der Waals surface area contributed by atoms with Gasteiger partial charge >= 0.3 is 0 Å². The predicted octanol–water partition coefficient (Wildman–Crippen LogP) is 1.46. The van der Waals surface area contributed by atoms with Crippen molar-refractivity contribution in [2.45, 2.75) is 32.5 Å². The molecule has 1 amide bonds. The van der Waals surface area contributed by atoms with Gasteiger partial charge in [-0.1, -0.05) is 36.4 Å². The summed E-state index contributed by atoms with van der Waals surface area (Å²) < 4.78 is 0. The first kappa shape index (κ1) is 18.5. The number of nitrogens with two attached hydrogens (primary N) is 2. The van der Waals surface area contributed by atoms with Gasteiger partial charge in [0.15, 0.2) is 0 Å². The molecule has 6 nitrogen and oxygen atoms in total. The highest BCUT2D eigenvalue weighted by molar-refractivity contribution is 5.81. The number of carbonyl (C=O) groups is 1. The fourth-order valence-corrected chi connectivity index (χ4v) is 2.35. The zero-order valence-electron chi connectivity index (χ0n) is 14.3. The van der Waals surface area contributed by atoms with E-state index in [2.05, 4.69) is 10.3 Å². The molecule has 2 aromatic carbocycles. The number of nitrogens with zero attached hydrogens (tertiary/aromatic N) is 1. The van der Waals surface area contributed by atoms with E-state index in [1.807, 2.05) is 24.3 Å². The fourth-order valence-electron chi connectivity index (χ4n) is 2.35. The van der Waals surface area contributed by atoms with Crippen molar-refractivity contribution in [3.63, 3.8) is 0 Å². The standard InChI is InChI=1S/C19H24N4O2/c1-13(20)22-11-15-3-2-4-16(9-15)12-23-19(25)18(21)10-14-5-7-17(24)8-6-14/h2-9,18,24H,10-12,21H2,1H3,(H2,20,22)(H,23,25)/t18-/m0/s1. The number of amides is 1. The number of phenols is 1. The van der Waals surface area contributed by atoms with Crippen LogP contribution in [0.15, 0.2) is 53.5 Å². The largest absolute Gasteiger partial charge is 0.508 e. The Labute approximate surface area is 147 Å². The van der Waals surface area contributed by atoms with Crippen molar-refractivity contribution in [3.05, 3.63) is 65.2 Å². The molecule has 0 aliphatic heterocycles. The van der Waals surface area contributed by atoms with Crippen LogP contribution in [0.4, 0.5) is 0 Å². The van der Waals surface area contributed by atoms with E-state index >= 15 is 0 Å². The van der Waals surface area contributed by atoms with Crippen molar-refractivity contribution in [2.24, 2.45) is 16.5 Å². The summed E-state index contributed by atoms with van der Waals surface area (Å²) in [5.41, 5.74) is 14.4. The van der Waals surface area contributed by atoms with E-state index in [4.69, 9.17) is 11.5 Å². The topological polar surface area (TPSA) is 114 Å². The zero-order chi connectivity index (χ0) is 18.2. The van der Waals surface area contributed by atoms with Gasteiger partial charge < -0.3 is 21.9 Å². The molecule has 2 rings (SSSR count). The van der Waals surface area contributed by atoms with Crippen LogP contribution in [0.25, 0.3) is 0 Å². The van der Waals surface area contributed by atoms with Gasteiger partial charge in [-0.3, -0.25) is 9.79 Å².